The largest absolute Gasteiger partial charge is 0.383 e. The molecule has 0 spiro atoms. The Morgan fingerprint density at radius 1 is 1.43 bits per heavy atom. The van der Waals surface area contributed by atoms with Crippen LogP contribution < -0.4 is 5.32 Å². The predicted octanol–water partition coefficient (Wildman–Crippen LogP) is 3.55. The zero-order valence-corrected chi connectivity index (χ0v) is 13.4. The van der Waals surface area contributed by atoms with Crippen molar-refractivity contribution in [2.75, 3.05) is 25.6 Å². The van der Waals surface area contributed by atoms with Crippen LogP contribution in [0.15, 0.2) is 42.7 Å². The van der Waals surface area contributed by atoms with E-state index < -0.39 is 11.8 Å². The number of halogens is 2. The number of hydrogen-bond donors (Lipinski definition) is 1. The Morgan fingerprint density at radius 3 is 2.96 bits per heavy atom. The minimum Gasteiger partial charge on any atom is -0.383 e. The fourth-order valence-corrected chi connectivity index (χ4v) is 2.13. The smallest absolute Gasteiger partial charge is 0.322 e. The molecule has 0 bridgehead atoms. The van der Waals surface area contributed by atoms with E-state index in [1.54, 1.807) is 25.6 Å². The van der Waals surface area contributed by atoms with Crippen LogP contribution in [0.2, 0.25) is 5.02 Å². The lowest BCUT2D eigenvalue weighted by atomic mass is 10.2. The summed E-state index contributed by atoms with van der Waals surface area (Å²) in [7, 11) is 1.55. The first-order chi connectivity index (χ1) is 11.1. The second-order valence-corrected chi connectivity index (χ2v) is 5.27. The first kappa shape index (κ1) is 17.2. The summed E-state index contributed by atoms with van der Waals surface area (Å²) in [5, 5.41) is 2.88. The van der Waals surface area contributed by atoms with E-state index >= 15 is 0 Å². The zero-order chi connectivity index (χ0) is 16.7. The Labute approximate surface area is 139 Å². The molecule has 23 heavy (non-hydrogen) atoms. The molecule has 1 aromatic carbocycles. The number of nitrogens with one attached hydrogen (secondary N) is 1. The van der Waals surface area contributed by atoms with E-state index in [0.717, 1.165) is 5.56 Å². The molecular formula is C16H17ClFN3O2. The number of urea groups is 1. The molecule has 0 saturated heterocycles. The molecule has 2 rings (SSSR count). The number of aromatic nitrogens is 1. The van der Waals surface area contributed by atoms with E-state index in [-0.39, 0.29) is 5.69 Å². The molecule has 0 atom stereocenters. The molecule has 2 aromatic rings. The number of benzene rings is 1. The summed E-state index contributed by atoms with van der Waals surface area (Å²) in [6.45, 7) is 1.07. The minimum absolute atomic E-state index is 0.0381. The van der Waals surface area contributed by atoms with Crippen LogP contribution in [0.25, 0.3) is 0 Å². The van der Waals surface area contributed by atoms with Crippen LogP contribution in [-0.2, 0) is 11.3 Å². The van der Waals surface area contributed by atoms with Crippen LogP contribution >= 0.6 is 11.6 Å². The van der Waals surface area contributed by atoms with Crippen molar-refractivity contribution in [2.45, 2.75) is 6.54 Å². The van der Waals surface area contributed by atoms with Gasteiger partial charge in [-0.15, -0.1) is 0 Å². The normalized spacial score (nSPS) is 10.4. The number of ether oxygens (including phenoxy) is 1. The summed E-state index contributed by atoms with van der Waals surface area (Å²) < 4.78 is 18.8. The second kappa shape index (κ2) is 8.45. The maximum absolute atomic E-state index is 13.7. The molecule has 0 aliphatic carbocycles. The molecule has 1 N–H and O–H groups in total. The number of carbonyl (C=O) groups is 1. The maximum Gasteiger partial charge on any atom is 0.322 e. The standard InChI is InChI=1S/C16H17ClFN3O2/c1-23-8-7-21(11-12-3-2-6-19-10-12)16(22)20-15-9-13(17)4-5-14(15)18/h2-6,9-10H,7-8,11H2,1H3,(H,20,22). The number of methoxy groups -OCH3 is 1. The van der Waals surface area contributed by atoms with Gasteiger partial charge < -0.3 is 15.0 Å². The fraction of sp³-hybridized carbons (Fsp3) is 0.250. The van der Waals surface area contributed by atoms with Crippen LogP contribution in [0.4, 0.5) is 14.9 Å². The Morgan fingerprint density at radius 2 is 2.26 bits per heavy atom. The zero-order valence-electron chi connectivity index (χ0n) is 12.6. The molecule has 1 aromatic heterocycles. The van der Waals surface area contributed by atoms with E-state index in [9.17, 15) is 9.18 Å². The quantitative estimate of drug-likeness (QED) is 0.877. The van der Waals surface area contributed by atoms with Crippen LogP contribution in [0.1, 0.15) is 5.56 Å². The van der Waals surface area contributed by atoms with Gasteiger partial charge in [-0.2, -0.15) is 0 Å². The summed E-state index contributed by atoms with van der Waals surface area (Å²) >= 11 is 5.83. The van der Waals surface area contributed by atoms with Gasteiger partial charge in [-0.1, -0.05) is 17.7 Å². The van der Waals surface area contributed by atoms with Gasteiger partial charge >= 0.3 is 6.03 Å². The predicted molar refractivity (Wildman–Crippen MR) is 87.0 cm³/mol. The molecule has 0 radical (unpaired) electrons. The van der Waals surface area contributed by atoms with Gasteiger partial charge in [0, 0.05) is 37.6 Å². The maximum atomic E-state index is 13.7. The third kappa shape index (κ3) is 5.19. The van der Waals surface area contributed by atoms with Gasteiger partial charge in [-0.3, -0.25) is 4.98 Å². The molecule has 0 unspecified atom stereocenters. The van der Waals surface area contributed by atoms with Crippen molar-refractivity contribution in [3.05, 3.63) is 59.1 Å². The van der Waals surface area contributed by atoms with Crippen LogP contribution in [-0.4, -0.2) is 36.2 Å². The number of amides is 2. The topological polar surface area (TPSA) is 54.5 Å². The highest BCUT2D eigenvalue weighted by molar-refractivity contribution is 6.30. The first-order valence-corrected chi connectivity index (χ1v) is 7.37. The fourth-order valence-electron chi connectivity index (χ4n) is 1.95. The van der Waals surface area contributed by atoms with Crippen molar-refractivity contribution in [3.63, 3.8) is 0 Å². The third-order valence-electron chi connectivity index (χ3n) is 3.12. The molecule has 0 aliphatic heterocycles. The molecular weight excluding hydrogens is 321 g/mol. The molecule has 0 fully saturated rings. The SMILES string of the molecule is COCCN(Cc1cccnc1)C(=O)Nc1cc(Cl)ccc1F. The van der Waals surface area contributed by atoms with E-state index in [0.29, 0.717) is 24.7 Å². The minimum atomic E-state index is -0.546. The highest BCUT2D eigenvalue weighted by Gasteiger charge is 2.16. The van der Waals surface area contributed by atoms with Crippen LogP contribution in [0, 0.1) is 5.82 Å². The molecule has 7 heteroatoms. The lowest BCUT2D eigenvalue weighted by molar-refractivity contribution is 0.152. The van der Waals surface area contributed by atoms with Gasteiger partial charge in [0.2, 0.25) is 0 Å². The monoisotopic (exact) mass is 337 g/mol. The number of hydrogen-bond acceptors (Lipinski definition) is 3. The Bertz CT molecular complexity index is 655. The van der Waals surface area contributed by atoms with E-state index in [4.69, 9.17) is 16.3 Å². The molecule has 5 nitrogen and oxygen atoms in total. The highest BCUT2D eigenvalue weighted by atomic mass is 35.5. The number of rotatable bonds is 6. The summed E-state index contributed by atoms with van der Waals surface area (Å²) in [6.07, 6.45) is 3.33. The van der Waals surface area contributed by atoms with Gasteiger partial charge in [-0.25, -0.2) is 9.18 Å². The van der Waals surface area contributed by atoms with Gasteiger partial charge in [-0.05, 0) is 29.8 Å². The van der Waals surface area contributed by atoms with Gasteiger partial charge in [0.25, 0.3) is 0 Å². The van der Waals surface area contributed by atoms with Crippen molar-refractivity contribution in [2.24, 2.45) is 0 Å². The molecule has 0 saturated carbocycles. The number of anilines is 1. The summed E-state index contributed by atoms with van der Waals surface area (Å²) in [5.41, 5.74) is 0.904. The van der Waals surface area contributed by atoms with Crippen molar-refractivity contribution >= 4 is 23.3 Å². The first-order valence-electron chi connectivity index (χ1n) is 6.99. The third-order valence-corrected chi connectivity index (χ3v) is 3.35. The Kier molecular flexibility index (Phi) is 6.31. The van der Waals surface area contributed by atoms with Crippen molar-refractivity contribution in [1.82, 2.24) is 9.88 Å². The summed E-state index contributed by atoms with van der Waals surface area (Å²) in [6, 6.07) is 7.21. The van der Waals surface area contributed by atoms with Crippen LogP contribution in [0.3, 0.4) is 0 Å². The molecule has 1 heterocycles. The van der Waals surface area contributed by atoms with Crippen molar-refractivity contribution in [1.29, 1.82) is 0 Å². The Hall–Kier alpha value is -2.18. The molecule has 0 aliphatic rings. The van der Waals surface area contributed by atoms with Crippen molar-refractivity contribution in [3.8, 4) is 0 Å². The van der Waals surface area contributed by atoms with E-state index in [1.165, 1.54) is 23.1 Å². The van der Waals surface area contributed by atoms with E-state index in [1.807, 2.05) is 6.07 Å². The second-order valence-electron chi connectivity index (χ2n) is 4.83. The van der Waals surface area contributed by atoms with Gasteiger partial charge in [0.1, 0.15) is 5.82 Å². The van der Waals surface area contributed by atoms with E-state index in [2.05, 4.69) is 10.3 Å². The average molecular weight is 338 g/mol. The lowest BCUT2D eigenvalue weighted by Crippen LogP contribution is -2.37. The summed E-state index contributed by atoms with van der Waals surface area (Å²) in [5.74, 6) is -0.546. The van der Waals surface area contributed by atoms with Gasteiger partial charge in [0.15, 0.2) is 0 Å². The number of carbonyl (C=O) groups excluding carboxylic acids is 1. The highest BCUT2D eigenvalue weighted by Crippen LogP contribution is 2.20. The molecule has 122 valence electrons. The van der Waals surface area contributed by atoms with Gasteiger partial charge in [0.05, 0.1) is 12.3 Å². The number of pyridine rings is 1. The number of nitrogens with zero attached hydrogens (tertiary/aromatic N) is 2. The van der Waals surface area contributed by atoms with Crippen LogP contribution in [0.5, 0.6) is 0 Å². The average Bonchev–Trinajstić information content (AvgIpc) is 2.55. The molecule has 2 amide bonds. The Balaban J connectivity index is 2.11. The van der Waals surface area contributed by atoms with Crippen molar-refractivity contribution < 1.29 is 13.9 Å². The summed E-state index contributed by atoms with van der Waals surface area (Å²) in [4.78, 5) is 18.0. The lowest BCUT2D eigenvalue weighted by Gasteiger charge is -2.23.